The van der Waals surface area contributed by atoms with Crippen LogP contribution in [0.15, 0.2) is 91.0 Å². The van der Waals surface area contributed by atoms with E-state index in [0.29, 0.717) is 50.6 Å². The van der Waals surface area contributed by atoms with Gasteiger partial charge in [0.05, 0.1) is 0 Å². The number of carbonyl (C=O) groups excluding carboxylic acids is 1. The number of carbonyl (C=O) groups is 4. The normalized spacial score (nSPS) is 12.2. The summed E-state index contributed by atoms with van der Waals surface area (Å²) in [5.74, 6) is 0.809. The summed E-state index contributed by atoms with van der Waals surface area (Å²) in [5, 5.41) is 31.1. The van der Waals surface area contributed by atoms with E-state index >= 15 is 0 Å². The summed E-state index contributed by atoms with van der Waals surface area (Å²) in [6.07, 6.45) is 0. The Kier molecular flexibility index (Phi) is 6.91. The average molecular weight is 752 g/mol. The van der Waals surface area contributed by atoms with Crippen LogP contribution in [0.3, 0.4) is 0 Å². The summed E-state index contributed by atoms with van der Waals surface area (Å²) >= 11 is -5.47. The first-order valence-corrected chi connectivity index (χ1v) is 17.6. The van der Waals surface area contributed by atoms with Gasteiger partial charge in [-0.2, -0.15) is 0 Å². The van der Waals surface area contributed by atoms with Crippen LogP contribution in [0.1, 0.15) is 0 Å². The van der Waals surface area contributed by atoms with Crippen LogP contribution < -0.4 is 4.74 Å². The van der Waals surface area contributed by atoms with Crippen molar-refractivity contribution in [2.24, 2.45) is 0 Å². The molecule has 0 aliphatic carbocycles. The van der Waals surface area contributed by atoms with Gasteiger partial charge in [0, 0.05) is 5.39 Å². The van der Waals surface area contributed by atoms with Crippen molar-refractivity contribution in [1.82, 2.24) is 39.9 Å². The molecule has 261 valence electrons. The third-order valence-corrected chi connectivity index (χ3v) is 11.3. The van der Waals surface area contributed by atoms with E-state index in [1.807, 2.05) is 60.7 Å². The van der Waals surface area contributed by atoms with Gasteiger partial charge in [0.15, 0.2) is 0 Å². The number of rotatable bonds is 5. The molecule has 0 atom stereocenters. The molecular formula is C36H20CoN8O8. The Morgan fingerprint density at radius 1 is 0.472 bits per heavy atom. The molecule has 3 aromatic heterocycles. The average Bonchev–Trinajstić information content (AvgIpc) is 3.87. The van der Waals surface area contributed by atoms with Gasteiger partial charge < -0.3 is 0 Å². The van der Waals surface area contributed by atoms with E-state index in [-0.39, 0.29) is 34.1 Å². The molecule has 2 aliphatic rings. The third-order valence-electron chi connectivity index (χ3n) is 8.57. The van der Waals surface area contributed by atoms with Crippen LogP contribution in [-0.4, -0.2) is 74.8 Å². The standard InChI is InChI=1S/C33H17N8O2.3CHO2.Co/c42-16-43-24-15-7-14-23-25(24)33-40-31-22-13-6-5-12-21(22)29(38-31)36-27-18-9-2-1-8-17(18)26(34-27)35-28-19-10-3-4-11-20(19)30(37-28)39-32(23)41-33;3*2-1-3;/h1-15H,(H2,34,35,36,37,38,39,40,41);3*(H,2,3);. The Morgan fingerprint density at radius 2 is 0.849 bits per heavy atom. The zero-order valence-electron chi connectivity index (χ0n) is 26.6. The Hall–Kier alpha value is -7.37. The van der Waals surface area contributed by atoms with Gasteiger partial charge in [0.2, 0.25) is 0 Å². The van der Waals surface area contributed by atoms with Crippen molar-refractivity contribution in [3.8, 4) is 51.3 Å². The van der Waals surface area contributed by atoms with Crippen LogP contribution in [0, 0.1) is 0 Å². The number of nitrogens with zero attached hydrogens (tertiary/aromatic N) is 6. The monoisotopic (exact) mass is 751 g/mol. The van der Waals surface area contributed by atoms with Gasteiger partial charge in [-0.15, -0.1) is 0 Å². The molecule has 5 N–H and O–H groups in total. The second-order valence-electron chi connectivity index (χ2n) is 11.4. The van der Waals surface area contributed by atoms with Gasteiger partial charge >= 0.3 is 268 Å². The van der Waals surface area contributed by atoms with Gasteiger partial charge in [0.25, 0.3) is 0 Å². The van der Waals surface area contributed by atoms with Gasteiger partial charge in [-0.3, -0.25) is 0 Å². The van der Waals surface area contributed by atoms with E-state index in [0.717, 1.165) is 10.8 Å². The number of hydrogen-bond acceptors (Lipinski definition) is 11. The quantitative estimate of drug-likeness (QED) is 0.114. The fourth-order valence-electron chi connectivity index (χ4n) is 6.23. The van der Waals surface area contributed by atoms with Gasteiger partial charge in [-0.05, 0) is 0 Å². The molecule has 0 saturated heterocycles. The molecule has 0 radical (unpaired) electrons. The Balaban J connectivity index is 1.41. The Morgan fingerprint density at radius 3 is 1.30 bits per heavy atom. The van der Waals surface area contributed by atoms with Crippen molar-refractivity contribution in [3.63, 3.8) is 0 Å². The molecule has 2 aliphatic heterocycles. The number of ether oxygens (including phenoxy) is 1. The van der Waals surface area contributed by atoms with E-state index < -0.39 is 32.2 Å². The van der Waals surface area contributed by atoms with Crippen molar-refractivity contribution in [1.29, 1.82) is 0 Å². The second kappa shape index (κ2) is 11.6. The fourth-order valence-corrected chi connectivity index (χ4v) is 7.62. The number of benzene rings is 4. The van der Waals surface area contributed by atoms with E-state index in [1.165, 1.54) is 12.1 Å². The molecule has 4 aromatic carbocycles. The third kappa shape index (κ3) is 4.68. The van der Waals surface area contributed by atoms with Crippen LogP contribution in [-0.2, 0) is 12.6 Å². The molecule has 17 heteroatoms. The summed E-state index contributed by atoms with van der Waals surface area (Å²) in [6.45, 7) is 0. The predicted octanol–water partition coefficient (Wildman–Crippen LogP) is 7.56. The number of hydrogen-bond donors (Lipinski definition) is 5. The van der Waals surface area contributed by atoms with Crippen molar-refractivity contribution >= 4 is 63.7 Å². The van der Waals surface area contributed by atoms with Gasteiger partial charge in [0.1, 0.15) is 0 Å². The zero-order chi connectivity index (χ0) is 36.6. The number of nitrogens with one attached hydrogen (secondary N) is 2. The van der Waals surface area contributed by atoms with Crippen molar-refractivity contribution in [2.75, 3.05) is 0 Å². The molecule has 7 aromatic rings. The van der Waals surface area contributed by atoms with E-state index in [4.69, 9.17) is 34.6 Å². The topological polar surface area (TPSA) is 247 Å². The molecule has 0 saturated carbocycles. The van der Waals surface area contributed by atoms with Crippen LogP contribution in [0.25, 0.3) is 89.7 Å². The molecule has 0 spiro atoms. The summed E-state index contributed by atoms with van der Waals surface area (Å²) in [6, 6.07) is 26.6. The van der Waals surface area contributed by atoms with Crippen molar-refractivity contribution < 1.29 is 51.8 Å². The number of aromatic nitrogens is 8. The van der Waals surface area contributed by atoms with E-state index in [1.54, 1.807) is 18.2 Å². The summed E-state index contributed by atoms with van der Waals surface area (Å²) in [7, 11) is 0. The number of carboxylic acid groups (broad SMARTS) is 3. The SMILES string of the molecule is O=[C](O)[Co]([C](=O)O)([C](=O)O)[C](=O)Oc1cccc2c3nc4nc(nc5[nH]c(nc6nc(nc([nH]3)c12)-c1ccccc1-6)c1ccccc51)-c1ccccc1-4. The van der Waals surface area contributed by atoms with Crippen molar-refractivity contribution in [3.05, 3.63) is 91.0 Å². The molecule has 9 rings (SSSR count). The molecule has 53 heavy (non-hydrogen) atoms. The molecule has 5 heterocycles. The maximum absolute atomic E-state index is 13.3. The number of aromatic amines is 2. The maximum atomic E-state index is 13.3. The molecular weight excluding hydrogens is 731 g/mol. The minimum atomic E-state index is -5.47. The van der Waals surface area contributed by atoms with Crippen molar-refractivity contribution in [2.45, 2.75) is 0 Å². The fraction of sp³-hybridized carbons (Fsp3) is 0. The van der Waals surface area contributed by atoms with Gasteiger partial charge in [-0.1, -0.05) is 24.3 Å². The summed E-state index contributed by atoms with van der Waals surface area (Å²) in [4.78, 5) is 76.1. The van der Waals surface area contributed by atoms with E-state index in [2.05, 4.69) is 9.97 Å². The number of H-pyrrole nitrogens is 2. The minimum absolute atomic E-state index is 0.0297. The van der Waals surface area contributed by atoms with Crippen LogP contribution in [0.4, 0.5) is 19.2 Å². The predicted molar refractivity (Wildman–Crippen MR) is 186 cm³/mol. The molecule has 0 fully saturated rings. The van der Waals surface area contributed by atoms with Crippen LogP contribution in [0.2, 0.25) is 0 Å². The first-order valence-electron chi connectivity index (χ1n) is 15.5. The molecule has 8 bridgehead atoms. The molecule has 0 amide bonds. The Bertz CT molecular complexity index is 2940. The van der Waals surface area contributed by atoms with Gasteiger partial charge in [-0.25, -0.2) is 0 Å². The molecule has 16 nitrogen and oxygen atoms in total. The van der Waals surface area contributed by atoms with Crippen LogP contribution in [0.5, 0.6) is 5.75 Å². The first-order chi connectivity index (χ1) is 25.6. The Labute approximate surface area is 297 Å². The van der Waals surface area contributed by atoms with Crippen LogP contribution >= 0.6 is 0 Å². The summed E-state index contributed by atoms with van der Waals surface area (Å²) in [5.41, 5.74) is 3.85. The first kappa shape index (κ1) is 31.6. The summed E-state index contributed by atoms with van der Waals surface area (Å²) < 4.78 is 5.38. The zero-order valence-corrected chi connectivity index (χ0v) is 27.6. The second-order valence-corrected chi connectivity index (χ2v) is 14.8. The number of fused-ring (bicyclic) bond motifs is 20. The molecule has 0 unspecified atom stereocenters. The van der Waals surface area contributed by atoms with E-state index in [9.17, 15) is 34.5 Å².